The number of aryl methyl sites for hydroxylation is 2. The van der Waals surface area contributed by atoms with Crippen LogP contribution in [0.4, 0.5) is 0 Å². The predicted molar refractivity (Wildman–Crippen MR) is 86.9 cm³/mol. The van der Waals surface area contributed by atoms with E-state index in [0.717, 1.165) is 16.7 Å². The molecule has 0 aliphatic rings. The number of rotatable bonds is 5. The predicted octanol–water partition coefficient (Wildman–Crippen LogP) is 3.42. The first-order valence-corrected chi connectivity index (χ1v) is 7.42. The smallest absolute Gasteiger partial charge is 0.0553 e. The number of hydrogen-bond donors (Lipinski definition) is 2. The normalized spacial score (nSPS) is 11.7. The van der Waals surface area contributed by atoms with Crippen LogP contribution in [0.2, 0.25) is 5.02 Å². The van der Waals surface area contributed by atoms with Gasteiger partial charge in [0, 0.05) is 10.4 Å². The second-order valence-corrected chi connectivity index (χ2v) is 6.15. The molecule has 2 nitrogen and oxygen atoms in total. The Morgan fingerprint density at radius 2 is 1.71 bits per heavy atom. The molecule has 0 heterocycles. The maximum atomic E-state index is 9.94. The van der Waals surface area contributed by atoms with E-state index in [0.29, 0.717) is 11.4 Å². The van der Waals surface area contributed by atoms with Crippen LogP contribution in [0.25, 0.3) is 0 Å². The minimum absolute atomic E-state index is 0.128. The standard InChI is InChI=1S/C18H21ClO2/c1-13-6-7-14(2)15(8-13)10-18(11-20,12-21)16-4-3-5-17(19)9-16/h3-9,20-21H,10-12H2,1-2H3. The Hall–Kier alpha value is -1.35. The molecule has 0 amide bonds. The quantitative estimate of drug-likeness (QED) is 0.888. The Morgan fingerprint density at radius 3 is 2.33 bits per heavy atom. The minimum Gasteiger partial charge on any atom is -0.395 e. The molecule has 2 N–H and O–H groups in total. The van der Waals surface area contributed by atoms with E-state index in [1.165, 1.54) is 5.56 Å². The number of halogens is 1. The molecule has 0 fully saturated rings. The first-order valence-electron chi connectivity index (χ1n) is 7.05. The van der Waals surface area contributed by atoms with Crippen molar-refractivity contribution in [2.45, 2.75) is 25.7 Å². The van der Waals surface area contributed by atoms with E-state index in [4.69, 9.17) is 11.6 Å². The van der Waals surface area contributed by atoms with Crippen LogP contribution in [0, 0.1) is 13.8 Å². The van der Waals surface area contributed by atoms with Crippen LogP contribution in [0.1, 0.15) is 22.3 Å². The maximum Gasteiger partial charge on any atom is 0.0553 e. The van der Waals surface area contributed by atoms with Gasteiger partial charge in [0.05, 0.1) is 13.2 Å². The molecule has 2 aromatic rings. The Labute approximate surface area is 131 Å². The van der Waals surface area contributed by atoms with E-state index in [2.05, 4.69) is 18.2 Å². The van der Waals surface area contributed by atoms with Crippen LogP contribution in [0.5, 0.6) is 0 Å². The molecule has 0 saturated heterocycles. The Kier molecular flexibility index (Phi) is 5.04. The molecule has 2 rings (SSSR count). The van der Waals surface area contributed by atoms with Crippen LogP contribution in [0.3, 0.4) is 0 Å². The van der Waals surface area contributed by atoms with Crippen molar-refractivity contribution in [3.63, 3.8) is 0 Å². The third-order valence-corrected chi connectivity index (χ3v) is 4.31. The highest BCUT2D eigenvalue weighted by atomic mass is 35.5. The molecule has 3 heteroatoms. The summed E-state index contributed by atoms with van der Waals surface area (Å²) in [6.07, 6.45) is 0.577. The fraction of sp³-hybridized carbons (Fsp3) is 0.333. The van der Waals surface area contributed by atoms with Crippen LogP contribution in [0.15, 0.2) is 42.5 Å². The lowest BCUT2D eigenvalue weighted by Gasteiger charge is -2.31. The summed E-state index contributed by atoms with van der Waals surface area (Å²) in [7, 11) is 0. The number of aliphatic hydroxyl groups is 2. The number of benzene rings is 2. The van der Waals surface area contributed by atoms with Gasteiger partial charge in [-0.3, -0.25) is 0 Å². The summed E-state index contributed by atoms with van der Waals surface area (Å²) >= 11 is 6.06. The van der Waals surface area contributed by atoms with Gasteiger partial charge in [-0.1, -0.05) is 47.5 Å². The zero-order valence-corrected chi connectivity index (χ0v) is 13.2. The van der Waals surface area contributed by atoms with E-state index in [-0.39, 0.29) is 13.2 Å². The van der Waals surface area contributed by atoms with Crippen molar-refractivity contribution in [1.82, 2.24) is 0 Å². The van der Waals surface area contributed by atoms with Gasteiger partial charge in [-0.05, 0) is 49.1 Å². The van der Waals surface area contributed by atoms with Crippen molar-refractivity contribution in [2.75, 3.05) is 13.2 Å². The highest BCUT2D eigenvalue weighted by Crippen LogP contribution is 2.31. The van der Waals surface area contributed by atoms with E-state index in [9.17, 15) is 10.2 Å². The molecular formula is C18H21ClO2. The van der Waals surface area contributed by atoms with Crippen molar-refractivity contribution < 1.29 is 10.2 Å². The summed E-state index contributed by atoms with van der Waals surface area (Å²) in [6, 6.07) is 13.6. The molecule has 0 unspecified atom stereocenters. The van der Waals surface area contributed by atoms with Gasteiger partial charge in [-0.15, -0.1) is 0 Å². The largest absolute Gasteiger partial charge is 0.395 e. The minimum atomic E-state index is -0.719. The fourth-order valence-corrected chi connectivity index (χ4v) is 2.81. The average molecular weight is 305 g/mol. The summed E-state index contributed by atoms with van der Waals surface area (Å²) in [4.78, 5) is 0. The molecule has 2 aromatic carbocycles. The molecular weight excluding hydrogens is 284 g/mol. The van der Waals surface area contributed by atoms with Gasteiger partial charge in [0.15, 0.2) is 0 Å². The number of aliphatic hydroxyl groups excluding tert-OH is 2. The molecule has 21 heavy (non-hydrogen) atoms. The first-order chi connectivity index (χ1) is 10.0. The summed E-state index contributed by atoms with van der Waals surface area (Å²) in [5.74, 6) is 0. The van der Waals surface area contributed by atoms with Crippen molar-refractivity contribution in [1.29, 1.82) is 0 Å². The van der Waals surface area contributed by atoms with E-state index >= 15 is 0 Å². The summed E-state index contributed by atoms with van der Waals surface area (Å²) in [5.41, 5.74) is 3.61. The fourth-order valence-electron chi connectivity index (χ4n) is 2.62. The summed E-state index contributed by atoms with van der Waals surface area (Å²) in [6.45, 7) is 3.84. The van der Waals surface area contributed by atoms with Gasteiger partial charge in [0.25, 0.3) is 0 Å². The number of hydrogen-bond acceptors (Lipinski definition) is 2. The topological polar surface area (TPSA) is 40.5 Å². The van der Waals surface area contributed by atoms with Crippen LogP contribution >= 0.6 is 11.6 Å². The van der Waals surface area contributed by atoms with Gasteiger partial charge in [0.2, 0.25) is 0 Å². The van der Waals surface area contributed by atoms with Crippen molar-refractivity contribution in [3.8, 4) is 0 Å². The molecule has 0 spiro atoms. The van der Waals surface area contributed by atoms with Gasteiger partial charge >= 0.3 is 0 Å². The summed E-state index contributed by atoms with van der Waals surface area (Å²) < 4.78 is 0. The molecule has 0 aliphatic carbocycles. The zero-order chi connectivity index (χ0) is 15.5. The third-order valence-electron chi connectivity index (χ3n) is 4.08. The highest BCUT2D eigenvalue weighted by Gasteiger charge is 2.32. The average Bonchev–Trinajstić information content (AvgIpc) is 2.48. The van der Waals surface area contributed by atoms with Crippen LogP contribution in [-0.4, -0.2) is 23.4 Å². The lowest BCUT2D eigenvalue weighted by atomic mass is 9.76. The molecule has 0 radical (unpaired) electrons. The Balaban J connectivity index is 2.45. The van der Waals surface area contributed by atoms with Gasteiger partial charge in [0.1, 0.15) is 0 Å². The monoisotopic (exact) mass is 304 g/mol. The SMILES string of the molecule is Cc1ccc(C)c(CC(CO)(CO)c2cccc(Cl)c2)c1. The molecule has 0 aliphatic heterocycles. The molecule has 112 valence electrons. The summed E-state index contributed by atoms with van der Waals surface area (Å²) in [5, 5.41) is 20.5. The van der Waals surface area contributed by atoms with E-state index < -0.39 is 5.41 Å². The first kappa shape index (κ1) is 16.0. The molecule has 0 bridgehead atoms. The third kappa shape index (κ3) is 3.46. The van der Waals surface area contributed by atoms with Crippen LogP contribution in [-0.2, 0) is 11.8 Å². The molecule has 0 atom stereocenters. The van der Waals surface area contributed by atoms with E-state index in [1.807, 2.05) is 32.0 Å². The van der Waals surface area contributed by atoms with Crippen LogP contribution < -0.4 is 0 Å². The van der Waals surface area contributed by atoms with Crippen molar-refractivity contribution in [2.24, 2.45) is 0 Å². The van der Waals surface area contributed by atoms with Crippen molar-refractivity contribution >= 4 is 11.6 Å². The molecule has 0 saturated carbocycles. The lowest BCUT2D eigenvalue weighted by molar-refractivity contribution is 0.116. The van der Waals surface area contributed by atoms with Gasteiger partial charge < -0.3 is 10.2 Å². The highest BCUT2D eigenvalue weighted by molar-refractivity contribution is 6.30. The maximum absolute atomic E-state index is 9.94. The van der Waals surface area contributed by atoms with Crippen molar-refractivity contribution in [3.05, 3.63) is 69.7 Å². The molecule has 0 aromatic heterocycles. The zero-order valence-electron chi connectivity index (χ0n) is 12.4. The van der Waals surface area contributed by atoms with E-state index in [1.54, 1.807) is 6.07 Å². The van der Waals surface area contributed by atoms with Gasteiger partial charge in [-0.2, -0.15) is 0 Å². The second kappa shape index (κ2) is 6.61. The second-order valence-electron chi connectivity index (χ2n) is 5.71. The Bertz CT molecular complexity index is 618. The lowest BCUT2D eigenvalue weighted by Crippen LogP contribution is -2.37. The van der Waals surface area contributed by atoms with Gasteiger partial charge in [-0.25, -0.2) is 0 Å². The Morgan fingerprint density at radius 1 is 1.00 bits per heavy atom.